The summed E-state index contributed by atoms with van der Waals surface area (Å²) in [6.07, 6.45) is 1.86. The monoisotopic (exact) mass is 307 g/mol. The van der Waals surface area contributed by atoms with Crippen molar-refractivity contribution >= 4 is 17.4 Å². The smallest absolute Gasteiger partial charge is 0.224 e. The summed E-state index contributed by atoms with van der Waals surface area (Å²) >= 11 is 5.96. The van der Waals surface area contributed by atoms with Gasteiger partial charge in [-0.25, -0.2) is 14.4 Å². The second kappa shape index (κ2) is 6.85. The standard InChI is InChI=1S/C14H13ClFN3.C2H6/c1-17-13-11-7-6-10(12(11)18-14(15)19-13)8-2-4-9(16)5-3-8;1-2/h2-5,10H,6-7H2,1H3,(H,17,18,19);1-2H3. The summed E-state index contributed by atoms with van der Waals surface area (Å²) in [5.41, 5.74) is 3.13. The van der Waals surface area contributed by atoms with E-state index >= 15 is 0 Å². The average molecular weight is 308 g/mol. The Balaban J connectivity index is 0.000000774. The lowest BCUT2D eigenvalue weighted by Gasteiger charge is -2.12. The molecule has 1 aromatic heterocycles. The van der Waals surface area contributed by atoms with Gasteiger partial charge in [0.05, 0.1) is 5.69 Å². The summed E-state index contributed by atoms with van der Waals surface area (Å²) in [5, 5.41) is 3.30. The number of anilines is 1. The molecular formula is C16H19ClFN3. The van der Waals surface area contributed by atoms with Crippen LogP contribution in [0.4, 0.5) is 10.2 Å². The third kappa shape index (κ3) is 3.16. The molecule has 0 aliphatic heterocycles. The SMILES string of the molecule is CC.CNc1nc(Cl)nc2c1CCC2c1ccc(F)cc1. The fourth-order valence-electron chi connectivity index (χ4n) is 2.66. The van der Waals surface area contributed by atoms with Crippen molar-refractivity contribution < 1.29 is 4.39 Å². The summed E-state index contributed by atoms with van der Waals surface area (Å²) < 4.78 is 13.0. The molecule has 1 aliphatic carbocycles. The van der Waals surface area contributed by atoms with Crippen LogP contribution in [0.2, 0.25) is 5.28 Å². The second-order valence-electron chi connectivity index (χ2n) is 4.60. The van der Waals surface area contributed by atoms with Crippen LogP contribution >= 0.6 is 11.6 Å². The number of nitrogens with one attached hydrogen (secondary N) is 1. The molecule has 1 atom stereocenters. The van der Waals surface area contributed by atoms with Gasteiger partial charge in [0.2, 0.25) is 5.28 Å². The van der Waals surface area contributed by atoms with Crippen molar-refractivity contribution in [2.45, 2.75) is 32.6 Å². The van der Waals surface area contributed by atoms with Crippen LogP contribution in [0.3, 0.4) is 0 Å². The molecule has 1 N–H and O–H groups in total. The van der Waals surface area contributed by atoms with Crippen molar-refractivity contribution in [3.8, 4) is 0 Å². The molecule has 0 bridgehead atoms. The minimum absolute atomic E-state index is 0.170. The molecule has 0 radical (unpaired) electrons. The highest BCUT2D eigenvalue weighted by molar-refractivity contribution is 6.28. The van der Waals surface area contributed by atoms with Crippen molar-refractivity contribution in [3.05, 3.63) is 52.2 Å². The highest BCUT2D eigenvalue weighted by atomic mass is 35.5. The number of halogens is 2. The van der Waals surface area contributed by atoms with E-state index in [0.717, 1.165) is 35.5 Å². The van der Waals surface area contributed by atoms with E-state index in [0.29, 0.717) is 0 Å². The number of rotatable bonds is 2. The molecular weight excluding hydrogens is 289 g/mol. The molecule has 1 aromatic carbocycles. The van der Waals surface area contributed by atoms with Crippen molar-refractivity contribution in [1.29, 1.82) is 0 Å². The van der Waals surface area contributed by atoms with Crippen molar-refractivity contribution in [3.63, 3.8) is 0 Å². The van der Waals surface area contributed by atoms with Crippen molar-refractivity contribution in [2.75, 3.05) is 12.4 Å². The summed E-state index contributed by atoms with van der Waals surface area (Å²) in [7, 11) is 1.82. The molecule has 0 amide bonds. The van der Waals surface area contributed by atoms with E-state index < -0.39 is 0 Å². The van der Waals surface area contributed by atoms with E-state index in [1.165, 1.54) is 12.1 Å². The van der Waals surface area contributed by atoms with Crippen molar-refractivity contribution in [2.24, 2.45) is 0 Å². The zero-order valence-electron chi connectivity index (χ0n) is 12.5. The van der Waals surface area contributed by atoms with E-state index in [1.54, 1.807) is 0 Å². The first-order chi connectivity index (χ1) is 10.2. The lowest BCUT2D eigenvalue weighted by molar-refractivity contribution is 0.625. The Hall–Kier alpha value is -1.68. The molecule has 3 rings (SSSR count). The highest BCUT2D eigenvalue weighted by Gasteiger charge is 2.28. The zero-order chi connectivity index (χ0) is 15.4. The third-order valence-corrected chi connectivity index (χ3v) is 3.70. The molecule has 3 nitrogen and oxygen atoms in total. The number of nitrogens with zero attached hydrogens (tertiary/aromatic N) is 2. The van der Waals surface area contributed by atoms with Crippen molar-refractivity contribution in [1.82, 2.24) is 9.97 Å². The van der Waals surface area contributed by atoms with Gasteiger partial charge in [0.1, 0.15) is 11.6 Å². The van der Waals surface area contributed by atoms with Crippen LogP contribution in [-0.4, -0.2) is 17.0 Å². The summed E-state index contributed by atoms with van der Waals surface area (Å²) in [4.78, 5) is 8.55. The maximum Gasteiger partial charge on any atom is 0.224 e. The Kier molecular flexibility index (Phi) is 5.12. The first-order valence-corrected chi connectivity index (χ1v) is 7.56. The van der Waals surface area contributed by atoms with Gasteiger partial charge in [-0.05, 0) is 42.1 Å². The van der Waals surface area contributed by atoms with Gasteiger partial charge in [-0.2, -0.15) is 0 Å². The molecule has 1 heterocycles. The summed E-state index contributed by atoms with van der Waals surface area (Å²) in [5.74, 6) is 0.737. The molecule has 0 fully saturated rings. The van der Waals surface area contributed by atoms with Gasteiger partial charge in [-0.3, -0.25) is 0 Å². The number of hydrogen-bond acceptors (Lipinski definition) is 3. The van der Waals surface area contributed by atoms with Gasteiger partial charge in [0.25, 0.3) is 0 Å². The predicted molar refractivity (Wildman–Crippen MR) is 84.5 cm³/mol. The van der Waals surface area contributed by atoms with Crippen LogP contribution in [0.5, 0.6) is 0 Å². The molecule has 1 aliphatic rings. The normalized spacial score (nSPS) is 16.0. The number of aromatic nitrogens is 2. The van der Waals surface area contributed by atoms with Gasteiger partial charge < -0.3 is 5.32 Å². The Labute approximate surface area is 129 Å². The third-order valence-electron chi connectivity index (χ3n) is 3.53. The first-order valence-electron chi connectivity index (χ1n) is 7.18. The maximum atomic E-state index is 13.0. The molecule has 21 heavy (non-hydrogen) atoms. The van der Waals surface area contributed by atoms with Crippen LogP contribution in [0.25, 0.3) is 0 Å². The van der Waals surface area contributed by atoms with Crippen LogP contribution < -0.4 is 5.32 Å². The quantitative estimate of drug-likeness (QED) is 0.835. The number of fused-ring (bicyclic) bond motifs is 1. The second-order valence-corrected chi connectivity index (χ2v) is 4.94. The fourth-order valence-corrected chi connectivity index (χ4v) is 2.84. The Morgan fingerprint density at radius 1 is 1.19 bits per heavy atom. The predicted octanol–water partition coefficient (Wildman–Crippen LogP) is 4.42. The topological polar surface area (TPSA) is 37.8 Å². The minimum Gasteiger partial charge on any atom is -0.373 e. The van der Waals surface area contributed by atoms with Gasteiger partial charge in [0, 0.05) is 18.5 Å². The lowest BCUT2D eigenvalue weighted by atomic mass is 9.97. The largest absolute Gasteiger partial charge is 0.373 e. The Morgan fingerprint density at radius 3 is 2.48 bits per heavy atom. The fraction of sp³-hybridized carbons (Fsp3) is 0.375. The lowest BCUT2D eigenvalue weighted by Crippen LogP contribution is -2.04. The molecule has 0 spiro atoms. The van der Waals surface area contributed by atoms with Crippen LogP contribution in [-0.2, 0) is 6.42 Å². The van der Waals surface area contributed by atoms with Gasteiger partial charge in [-0.1, -0.05) is 26.0 Å². The van der Waals surface area contributed by atoms with Gasteiger partial charge in [0.15, 0.2) is 0 Å². The van der Waals surface area contributed by atoms with Crippen LogP contribution in [0, 0.1) is 5.82 Å². The van der Waals surface area contributed by atoms with E-state index in [4.69, 9.17) is 11.6 Å². The van der Waals surface area contributed by atoms with Gasteiger partial charge in [-0.15, -0.1) is 0 Å². The molecule has 5 heteroatoms. The zero-order valence-corrected chi connectivity index (χ0v) is 13.2. The highest BCUT2D eigenvalue weighted by Crippen LogP contribution is 2.39. The van der Waals surface area contributed by atoms with E-state index in [1.807, 2.05) is 33.0 Å². The maximum absolute atomic E-state index is 13.0. The van der Waals surface area contributed by atoms with E-state index in [9.17, 15) is 4.39 Å². The van der Waals surface area contributed by atoms with Gasteiger partial charge >= 0.3 is 0 Å². The van der Waals surface area contributed by atoms with E-state index in [2.05, 4.69) is 15.3 Å². The van der Waals surface area contributed by atoms with E-state index in [-0.39, 0.29) is 17.0 Å². The Morgan fingerprint density at radius 2 is 1.86 bits per heavy atom. The molecule has 112 valence electrons. The molecule has 0 saturated carbocycles. The average Bonchev–Trinajstić information content (AvgIpc) is 2.93. The summed E-state index contributed by atoms with van der Waals surface area (Å²) in [6, 6.07) is 6.58. The number of benzene rings is 1. The summed E-state index contributed by atoms with van der Waals surface area (Å²) in [6.45, 7) is 4.00. The Bertz CT molecular complexity index is 614. The molecule has 1 unspecified atom stereocenters. The van der Waals surface area contributed by atoms with Crippen LogP contribution in [0.1, 0.15) is 43.0 Å². The van der Waals surface area contributed by atoms with Crippen LogP contribution in [0.15, 0.2) is 24.3 Å². The molecule has 2 aromatic rings. The minimum atomic E-state index is -0.224. The first kappa shape index (κ1) is 15.7. The molecule has 0 saturated heterocycles. The number of hydrogen-bond donors (Lipinski definition) is 1.